The zero-order valence-corrected chi connectivity index (χ0v) is 14.1. The van der Waals surface area contributed by atoms with Crippen LogP contribution in [0.15, 0.2) is 41.0 Å². The fraction of sp³-hybridized carbons (Fsp3) is 0.250. The van der Waals surface area contributed by atoms with E-state index in [0.717, 1.165) is 6.07 Å². The Morgan fingerprint density at radius 1 is 1.21 bits per heavy atom. The number of carbonyl (C=O) groups is 2. The van der Waals surface area contributed by atoms with E-state index in [2.05, 4.69) is 10.6 Å². The highest BCUT2D eigenvalue weighted by molar-refractivity contribution is 5.88. The van der Waals surface area contributed by atoms with Crippen LogP contribution in [0.4, 0.5) is 24.5 Å². The van der Waals surface area contributed by atoms with Crippen LogP contribution in [-0.2, 0) is 15.7 Å². The lowest BCUT2D eigenvalue weighted by atomic mass is 10.1. The number of nitro benzene ring substituents is 1. The molecule has 1 aromatic carbocycles. The molecule has 0 spiro atoms. The molecule has 150 valence electrons. The van der Waals surface area contributed by atoms with Crippen molar-refractivity contribution >= 4 is 23.3 Å². The summed E-state index contributed by atoms with van der Waals surface area (Å²) in [6.45, 7) is -0.598. The van der Waals surface area contributed by atoms with Gasteiger partial charge in [-0.2, -0.15) is 13.2 Å². The Morgan fingerprint density at radius 2 is 1.96 bits per heavy atom. The third-order valence-corrected chi connectivity index (χ3v) is 3.34. The van der Waals surface area contributed by atoms with Gasteiger partial charge in [0.1, 0.15) is 5.69 Å². The lowest BCUT2D eigenvalue weighted by Gasteiger charge is -2.11. The van der Waals surface area contributed by atoms with E-state index in [-0.39, 0.29) is 24.5 Å². The average Bonchev–Trinajstić information content (AvgIpc) is 3.17. The monoisotopic (exact) mass is 401 g/mol. The fourth-order valence-corrected chi connectivity index (χ4v) is 2.06. The van der Waals surface area contributed by atoms with Gasteiger partial charge in [0.05, 0.1) is 16.7 Å². The molecular weight excluding hydrogens is 387 g/mol. The Labute approximate surface area is 155 Å². The Balaban J connectivity index is 1.80. The van der Waals surface area contributed by atoms with Gasteiger partial charge in [-0.1, -0.05) is 0 Å². The first-order valence-electron chi connectivity index (χ1n) is 7.75. The Kier molecular flexibility index (Phi) is 6.58. The summed E-state index contributed by atoms with van der Waals surface area (Å²) in [5.74, 6) is -1.52. The summed E-state index contributed by atoms with van der Waals surface area (Å²) in [5, 5.41) is 15.9. The van der Waals surface area contributed by atoms with Crippen LogP contribution in [0.5, 0.6) is 0 Å². The smallest absolute Gasteiger partial charge is 0.416 e. The van der Waals surface area contributed by atoms with Crippen molar-refractivity contribution in [1.82, 2.24) is 5.32 Å². The largest absolute Gasteiger partial charge is 0.457 e. The zero-order chi connectivity index (χ0) is 20.7. The van der Waals surface area contributed by atoms with Gasteiger partial charge in [-0.05, 0) is 24.3 Å². The van der Waals surface area contributed by atoms with Crippen LogP contribution in [0.1, 0.15) is 16.1 Å². The van der Waals surface area contributed by atoms with Crippen molar-refractivity contribution in [3.63, 3.8) is 0 Å². The van der Waals surface area contributed by atoms with Gasteiger partial charge in [-0.25, -0.2) is 4.79 Å². The minimum Gasteiger partial charge on any atom is -0.457 e. The maximum absolute atomic E-state index is 12.6. The van der Waals surface area contributed by atoms with Crippen LogP contribution in [0, 0.1) is 10.1 Å². The van der Waals surface area contributed by atoms with Crippen LogP contribution >= 0.6 is 0 Å². The summed E-state index contributed by atoms with van der Waals surface area (Å²) < 4.78 is 47.4. The molecule has 1 aromatic heterocycles. The number of rotatable bonds is 8. The lowest BCUT2D eigenvalue weighted by Crippen LogP contribution is -2.32. The van der Waals surface area contributed by atoms with E-state index in [1.165, 1.54) is 18.4 Å². The van der Waals surface area contributed by atoms with E-state index >= 15 is 0 Å². The number of amides is 1. The van der Waals surface area contributed by atoms with Crippen molar-refractivity contribution in [2.24, 2.45) is 0 Å². The summed E-state index contributed by atoms with van der Waals surface area (Å²) in [4.78, 5) is 33.1. The number of esters is 1. The van der Waals surface area contributed by atoms with E-state index in [4.69, 9.17) is 9.15 Å². The number of carbonyl (C=O) groups excluding carboxylic acids is 2. The minimum absolute atomic E-state index is 0.00985. The van der Waals surface area contributed by atoms with Crippen LogP contribution < -0.4 is 10.6 Å². The Bertz CT molecular complexity index is 852. The summed E-state index contributed by atoms with van der Waals surface area (Å²) in [6, 6.07) is 4.91. The number of hydrogen-bond donors (Lipinski definition) is 2. The number of furan rings is 1. The second-order valence-corrected chi connectivity index (χ2v) is 5.32. The second kappa shape index (κ2) is 8.88. The highest BCUT2D eigenvalue weighted by Crippen LogP contribution is 2.34. The Hall–Kier alpha value is -3.57. The van der Waals surface area contributed by atoms with Crippen molar-refractivity contribution in [2.45, 2.75) is 6.18 Å². The van der Waals surface area contributed by atoms with Gasteiger partial charge in [0.25, 0.3) is 11.6 Å². The summed E-state index contributed by atoms with van der Waals surface area (Å²) in [5.41, 5.74) is -2.01. The highest BCUT2D eigenvalue weighted by atomic mass is 19.4. The predicted octanol–water partition coefficient (Wildman–Crippen LogP) is 2.59. The molecule has 2 rings (SSSR count). The van der Waals surface area contributed by atoms with E-state index in [1.807, 2.05) is 0 Å². The first-order chi connectivity index (χ1) is 13.2. The van der Waals surface area contributed by atoms with E-state index in [9.17, 15) is 32.9 Å². The normalized spacial score (nSPS) is 11.0. The van der Waals surface area contributed by atoms with Crippen LogP contribution in [0.25, 0.3) is 0 Å². The van der Waals surface area contributed by atoms with Crippen LogP contribution in [0.3, 0.4) is 0 Å². The summed E-state index contributed by atoms with van der Waals surface area (Å²) in [6.07, 6.45) is -3.44. The van der Waals surface area contributed by atoms with Gasteiger partial charge in [-0.3, -0.25) is 14.9 Å². The number of nitrogens with one attached hydrogen (secondary N) is 2. The number of halogens is 3. The maximum atomic E-state index is 12.6. The minimum atomic E-state index is -4.70. The van der Waals surface area contributed by atoms with Gasteiger partial charge in [-0.15, -0.1) is 0 Å². The molecule has 0 unspecified atom stereocenters. The molecule has 1 heterocycles. The molecule has 0 bridgehead atoms. The number of benzene rings is 1. The van der Waals surface area contributed by atoms with Crippen molar-refractivity contribution in [3.05, 3.63) is 58.0 Å². The maximum Gasteiger partial charge on any atom is 0.416 e. The predicted molar refractivity (Wildman–Crippen MR) is 88.6 cm³/mol. The number of hydrogen-bond acceptors (Lipinski definition) is 7. The number of ether oxygens (including phenoxy) is 1. The Morgan fingerprint density at radius 3 is 2.57 bits per heavy atom. The highest BCUT2D eigenvalue weighted by Gasteiger charge is 2.33. The second-order valence-electron chi connectivity index (χ2n) is 5.32. The molecule has 0 aliphatic rings. The lowest BCUT2D eigenvalue weighted by molar-refractivity contribution is -0.384. The zero-order valence-electron chi connectivity index (χ0n) is 14.1. The third-order valence-electron chi connectivity index (χ3n) is 3.34. The molecule has 2 N–H and O–H groups in total. The number of anilines is 1. The molecule has 0 aliphatic carbocycles. The van der Waals surface area contributed by atoms with Gasteiger partial charge < -0.3 is 19.8 Å². The van der Waals surface area contributed by atoms with Crippen molar-refractivity contribution < 1.29 is 36.8 Å². The van der Waals surface area contributed by atoms with Crippen molar-refractivity contribution in [2.75, 3.05) is 25.0 Å². The van der Waals surface area contributed by atoms with Crippen LogP contribution in [-0.4, -0.2) is 36.5 Å². The SMILES string of the molecule is O=C(COC(=O)c1ccco1)NCCNc1ccc(C(F)(F)F)cc1[N+](=O)[O-]. The topological polar surface area (TPSA) is 124 Å². The van der Waals surface area contributed by atoms with Gasteiger partial charge in [0, 0.05) is 19.2 Å². The summed E-state index contributed by atoms with van der Waals surface area (Å²) >= 11 is 0. The molecule has 0 saturated carbocycles. The standard InChI is InChI=1S/C16H14F3N3O6/c17-16(18,19)10-3-4-11(12(8-10)22(25)26)20-5-6-21-14(23)9-28-15(24)13-2-1-7-27-13/h1-4,7-8,20H,5-6,9H2,(H,21,23). The molecule has 28 heavy (non-hydrogen) atoms. The van der Waals surface area contributed by atoms with Gasteiger partial charge in [0.2, 0.25) is 5.76 Å². The third kappa shape index (κ3) is 5.72. The summed E-state index contributed by atoms with van der Waals surface area (Å²) in [7, 11) is 0. The number of nitro groups is 1. The molecule has 12 heteroatoms. The molecule has 9 nitrogen and oxygen atoms in total. The molecule has 1 amide bonds. The molecule has 0 atom stereocenters. The molecule has 0 radical (unpaired) electrons. The molecule has 0 aliphatic heterocycles. The molecule has 0 fully saturated rings. The van der Waals surface area contributed by atoms with E-state index in [0.29, 0.717) is 12.1 Å². The first-order valence-corrected chi connectivity index (χ1v) is 7.75. The van der Waals surface area contributed by atoms with E-state index < -0.39 is 40.8 Å². The van der Waals surface area contributed by atoms with Gasteiger partial charge in [0.15, 0.2) is 6.61 Å². The quantitative estimate of drug-likeness (QED) is 0.302. The van der Waals surface area contributed by atoms with Crippen molar-refractivity contribution in [3.8, 4) is 0 Å². The fourth-order valence-electron chi connectivity index (χ4n) is 2.06. The van der Waals surface area contributed by atoms with Crippen molar-refractivity contribution in [1.29, 1.82) is 0 Å². The molecule has 2 aromatic rings. The molecular formula is C16H14F3N3O6. The average molecular weight is 401 g/mol. The first kappa shape index (κ1) is 20.7. The number of alkyl halides is 3. The van der Waals surface area contributed by atoms with E-state index in [1.54, 1.807) is 0 Å². The molecule has 0 saturated heterocycles. The van der Waals surface area contributed by atoms with Crippen LogP contribution in [0.2, 0.25) is 0 Å². The number of nitrogens with zero attached hydrogens (tertiary/aromatic N) is 1. The van der Waals surface area contributed by atoms with Gasteiger partial charge >= 0.3 is 12.1 Å².